The van der Waals surface area contributed by atoms with Crippen LogP contribution in [-0.2, 0) is 11.2 Å². The number of hydrogen-bond donors (Lipinski definition) is 1. The maximum absolute atomic E-state index is 12.1. The van der Waals surface area contributed by atoms with Gasteiger partial charge in [-0.05, 0) is 27.7 Å². The first-order chi connectivity index (χ1) is 7.79. The summed E-state index contributed by atoms with van der Waals surface area (Å²) < 4.78 is 5.02. The van der Waals surface area contributed by atoms with E-state index in [0.717, 1.165) is 11.3 Å². The van der Waals surface area contributed by atoms with Gasteiger partial charge in [0.2, 0.25) is 5.91 Å². The summed E-state index contributed by atoms with van der Waals surface area (Å²) >= 11 is 0. The highest BCUT2D eigenvalue weighted by Gasteiger charge is 2.27. The Morgan fingerprint density at radius 3 is 2.47 bits per heavy atom. The number of aromatic nitrogens is 1. The van der Waals surface area contributed by atoms with Crippen molar-refractivity contribution in [2.24, 2.45) is 0 Å². The molecule has 1 N–H and O–H groups in total. The van der Waals surface area contributed by atoms with Crippen molar-refractivity contribution in [3.63, 3.8) is 0 Å². The zero-order valence-corrected chi connectivity index (χ0v) is 11.1. The second-order valence-corrected chi connectivity index (χ2v) is 4.90. The maximum atomic E-state index is 12.1. The number of carbonyl (C=O) groups excluding carboxylic acids is 1. The van der Waals surface area contributed by atoms with Crippen LogP contribution in [-0.4, -0.2) is 40.3 Å². The highest BCUT2D eigenvalue weighted by atomic mass is 16.5. The SMILES string of the molecule is Cc1noc(C)c1CC(=O)N(C)C(C)(C)CO. The number of hydrogen-bond acceptors (Lipinski definition) is 4. The van der Waals surface area contributed by atoms with E-state index in [0.29, 0.717) is 5.76 Å². The third kappa shape index (κ3) is 2.85. The van der Waals surface area contributed by atoms with Crippen LogP contribution in [0.1, 0.15) is 30.9 Å². The molecule has 1 rings (SSSR count). The summed E-state index contributed by atoms with van der Waals surface area (Å²) in [5, 5.41) is 13.0. The number of carbonyl (C=O) groups is 1. The second-order valence-electron chi connectivity index (χ2n) is 4.90. The number of likely N-dealkylation sites (N-methyl/N-ethyl adjacent to an activating group) is 1. The van der Waals surface area contributed by atoms with Crippen LogP contribution in [0.3, 0.4) is 0 Å². The van der Waals surface area contributed by atoms with Crippen molar-refractivity contribution in [1.82, 2.24) is 10.1 Å². The van der Waals surface area contributed by atoms with E-state index in [-0.39, 0.29) is 18.9 Å². The molecule has 0 radical (unpaired) electrons. The monoisotopic (exact) mass is 240 g/mol. The average Bonchev–Trinajstić information content (AvgIpc) is 2.59. The number of aryl methyl sites for hydroxylation is 2. The molecule has 0 aromatic carbocycles. The van der Waals surface area contributed by atoms with Crippen molar-refractivity contribution in [2.45, 2.75) is 39.7 Å². The fourth-order valence-electron chi connectivity index (χ4n) is 1.47. The Morgan fingerprint density at radius 1 is 1.47 bits per heavy atom. The van der Waals surface area contributed by atoms with Gasteiger partial charge < -0.3 is 14.5 Å². The van der Waals surface area contributed by atoms with Crippen LogP contribution >= 0.6 is 0 Å². The van der Waals surface area contributed by atoms with Crippen LogP contribution in [0.4, 0.5) is 0 Å². The van der Waals surface area contributed by atoms with Crippen molar-refractivity contribution in [3.8, 4) is 0 Å². The lowest BCUT2D eigenvalue weighted by molar-refractivity contribution is -0.135. The van der Waals surface area contributed by atoms with E-state index in [9.17, 15) is 9.90 Å². The van der Waals surface area contributed by atoms with Gasteiger partial charge in [-0.2, -0.15) is 0 Å². The molecule has 17 heavy (non-hydrogen) atoms. The Hall–Kier alpha value is -1.36. The normalized spacial score (nSPS) is 11.6. The van der Waals surface area contributed by atoms with Crippen molar-refractivity contribution < 1.29 is 14.4 Å². The third-order valence-corrected chi connectivity index (χ3v) is 3.18. The number of nitrogens with zero attached hydrogens (tertiary/aromatic N) is 2. The van der Waals surface area contributed by atoms with Gasteiger partial charge in [0.05, 0.1) is 24.3 Å². The first-order valence-corrected chi connectivity index (χ1v) is 5.59. The number of aliphatic hydroxyl groups excluding tert-OH is 1. The fourth-order valence-corrected chi connectivity index (χ4v) is 1.47. The molecule has 0 saturated heterocycles. The first kappa shape index (κ1) is 13.7. The predicted molar refractivity (Wildman–Crippen MR) is 63.6 cm³/mol. The molecule has 1 aromatic rings. The zero-order valence-electron chi connectivity index (χ0n) is 11.1. The van der Waals surface area contributed by atoms with Crippen molar-refractivity contribution in [1.29, 1.82) is 0 Å². The van der Waals surface area contributed by atoms with Gasteiger partial charge in [0.25, 0.3) is 0 Å². The molecule has 96 valence electrons. The van der Waals surface area contributed by atoms with E-state index in [1.807, 2.05) is 20.8 Å². The molecule has 5 nitrogen and oxygen atoms in total. The molecule has 0 saturated carbocycles. The predicted octanol–water partition coefficient (Wildman–Crippen LogP) is 1.06. The van der Waals surface area contributed by atoms with Crippen molar-refractivity contribution in [2.75, 3.05) is 13.7 Å². The van der Waals surface area contributed by atoms with Gasteiger partial charge in [0, 0.05) is 12.6 Å². The molecular weight excluding hydrogens is 220 g/mol. The average molecular weight is 240 g/mol. The Balaban J connectivity index is 2.80. The number of amides is 1. The highest BCUT2D eigenvalue weighted by molar-refractivity contribution is 5.79. The van der Waals surface area contributed by atoms with Crippen molar-refractivity contribution in [3.05, 3.63) is 17.0 Å². The lowest BCUT2D eigenvalue weighted by Gasteiger charge is -2.34. The van der Waals surface area contributed by atoms with Gasteiger partial charge in [0.15, 0.2) is 0 Å². The zero-order chi connectivity index (χ0) is 13.2. The Bertz CT molecular complexity index is 390. The molecule has 0 bridgehead atoms. The summed E-state index contributed by atoms with van der Waals surface area (Å²) in [5.41, 5.74) is 1.01. The lowest BCUT2D eigenvalue weighted by Crippen LogP contribution is -2.48. The van der Waals surface area contributed by atoms with E-state index in [1.165, 1.54) is 0 Å². The van der Waals surface area contributed by atoms with Crippen LogP contribution in [0.15, 0.2) is 4.52 Å². The van der Waals surface area contributed by atoms with Crippen molar-refractivity contribution >= 4 is 5.91 Å². The maximum Gasteiger partial charge on any atom is 0.227 e. The van der Waals surface area contributed by atoms with Gasteiger partial charge in [-0.25, -0.2) is 0 Å². The molecule has 0 unspecified atom stereocenters. The summed E-state index contributed by atoms with van der Waals surface area (Å²) in [6.45, 7) is 7.17. The first-order valence-electron chi connectivity index (χ1n) is 5.59. The summed E-state index contributed by atoms with van der Waals surface area (Å²) in [5.74, 6) is 0.615. The lowest BCUT2D eigenvalue weighted by atomic mass is 10.0. The Morgan fingerprint density at radius 2 is 2.06 bits per heavy atom. The largest absolute Gasteiger partial charge is 0.394 e. The van der Waals surface area contributed by atoms with E-state index < -0.39 is 5.54 Å². The fraction of sp³-hybridized carbons (Fsp3) is 0.667. The van der Waals surface area contributed by atoms with Gasteiger partial charge in [-0.3, -0.25) is 4.79 Å². The summed E-state index contributed by atoms with van der Waals surface area (Å²) in [4.78, 5) is 13.6. The van der Waals surface area contributed by atoms with E-state index in [1.54, 1.807) is 18.9 Å². The molecule has 0 aliphatic carbocycles. The van der Waals surface area contributed by atoms with E-state index in [2.05, 4.69) is 5.16 Å². The van der Waals surface area contributed by atoms with Crippen LogP contribution in [0.5, 0.6) is 0 Å². The van der Waals surface area contributed by atoms with Gasteiger partial charge in [0.1, 0.15) is 5.76 Å². The minimum absolute atomic E-state index is 0.0570. The summed E-state index contributed by atoms with van der Waals surface area (Å²) in [7, 11) is 1.69. The van der Waals surface area contributed by atoms with Crippen LogP contribution in [0.2, 0.25) is 0 Å². The Labute approximate surface area is 101 Å². The second kappa shape index (κ2) is 4.87. The summed E-state index contributed by atoms with van der Waals surface area (Å²) in [6.07, 6.45) is 0.251. The van der Waals surface area contributed by atoms with Crippen LogP contribution in [0.25, 0.3) is 0 Å². The van der Waals surface area contributed by atoms with Gasteiger partial charge in [-0.15, -0.1) is 0 Å². The topological polar surface area (TPSA) is 66.6 Å². The molecule has 0 aliphatic heterocycles. The minimum Gasteiger partial charge on any atom is -0.394 e. The summed E-state index contributed by atoms with van der Waals surface area (Å²) in [6, 6.07) is 0. The number of aliphatic hydroxyl groups is 1. The molecule has 0 aliphatic rings. The molecule has 1 heterocycles. The molecule has 1 aromatic heterocycles. The third-order valence-electron chi connectivity index (χ3n) is 3.18. The van der Waals surface area contributed by atoms with Crippen LogP contribution in [0, 0.1) is 13.8 Å². The van der Waals surface area contributed by atoms with Gasteiger partial charge in [-0.1, -0.05) is 5.16 Å². The molecule has 1 amide bonds. The molecule has 5 heteroatoms. The number of rotatable bonds is 4. The highest BCUT2D eigenvalue weighted by Crippen LogP contribution is 2.17. The molecule has 0 fully saturated rings. The van der Waals surface area contributed by atoms with Gasteiger partial charge >= 0.3 is 0 Å². The molecule has 0 atom stereocenters. The minimum atomic E-state index is -0.559. The molecular formula is C12H20N2O3. The quantitative estimate of drug-likeness (QED) is 0.854. The van der Waals surface area contributed by atoms with Crippen LogP contribution < -0.4 is 0 Å². The Kier molecular flexibility index (Phi) is 3.93. The molecule has 0 spiro atoms. The standard InChI is InChI=1S/C12H20N2O3/c1-8-10(9(2)17-13-8)6-11(16)14(5)12(3,4)7-15/h15H,6-7H2,1-5H3. The smallest absolute Gasteiger partial charge is 0.227 e. The van der Waals surface area contributed by atoms with E-state index >= 15 is 0 Å². The van der Waals surface area contributed by atoms with E-state index in [4.69, 9.17) is 4.52 Å².